The molecule has 4 heteroatoms. The van der Waals surface area contributed by atoms with E-state index >= 15 is 0 Å². The van der Waals surface area contributed by atoms with Crippen LogP contribution in [0, 0.1) is 5.41 Å². The molecule has 0 fully saturated rings. The molecule has 0 saturated heterocycles. The summed E-state index contributed by atoms with van der Waals surface area (Å²) in [7, 11) is 0. The topological polar surface area (TPSA) is 89.3 Å². The zero-order valence-corrected chi connectivity index (χ0v) is 13.0. The molecule has 0 heterocycles. The summed E-state index contributed by atoms with van der Waals surface area (Å²) in [6, 6.07) is 8.37. The highest BCUT2D eigenvalue weighted by atomic mass is 16.3. The first-order valence-electron chi connectivity index (χ1n) is 6.83. The van der Waals surface area contributed by atoms with Crippen molar-refractivity contribution < 1.29 is 9.90 Å². The van der Waals surface area contributed by atoms with Crippen molar-refractivity contribution in [3.05, 3.63) is 35.9 Å². The summed E-state index contributed by atoms with van der Waals surface area (Å²) >= 11 is 0. The van der Waals surface area contributed by atoms with Crippen LogP contribution < -0.4 is 11.5 Å². The van der Waals surface area contributed by atoms with Crippen LogP contribution in [0.1, 0.15) is 45.0 Å². The van der Waals surface area contributed by atoms with Gasteiger partial charge < -0.3 is 16.6 Å². The molecular formula is C16H26N2O2. The van der Waals surface area contributed by atoms with Crippen molar-refractivity contribution in [1.29, 1.82) is 0 Å². The van der Waals surface area contributed by atoms with Crippen LogP contribution in [0.4, 0.5) is 0 Å². The fourth-order valence-corrected chi connectivity index (χ4v) is 2.25. The Morgan fingerprint density at radius 3 is 2.00 bits per heavy atom. The monoisotopic (exact) mass is 278 g/mol. The molecule has 112 valence electrons. The number of carbonyl (C=O) groups is 1. The van der Waals surface area contributed by atoms with Gasteiger partial charge in [0.05, 0.1) is 0 Å². The highest BCUT2D eigenvalue weighted by Gasteiger charge is 2.55. The van der Waals surface area contributed by atoms with E-state index in [0.717, 1.165) is 0 Å². The largest absolute Gasteiger partial charge is 0.381 e. The van der Waals surface area contributed by atoms with Crippen molar-refractivity contribution in [2.24, 2.45) is 16.9 Å². The Morgan fingerprint density at radius 2 is 1.60 bits per heavy atom. The Hall–Kier alpha value is -1.23. The maximum Gasteiger partial charge on any atom is 0.194 e. The van der Waals surface area contributed by atoms with Crippen LogP contribution in [0.15, 0.2) is 30.3 Å². The fourth-order valence-electron chi connectivity index (χ4n) is 2.25. The van der Waals surface area contributed by atoms with Crippen molar-refractivity contribution in [3.8, 4) is 0 Å². The number of aliphatic hydroxyl groups is 1. The molecule has 0 amide bonds. The summed E-state index contributed by atoms with van der Waals surface area (Å²) in [6.45, 7) is 8.61. The Bertz CT molecular complexity index is 477. The van der Waals surface area contributed by atoms with Gasteiger partial charge in [0.1, 0.15) is 5.60 Å². The third kappa shape index (κ3) is 2.51. The van der Waals surface area contributed by atoms with Crippen LogP contribution in [0.25, 0.3) is 0 Å². The molecule has 0 aromatic heterocycles. The number of ketones is 1. The Morgan fingerprint density at radius 1 is 1.15 bits per heavy atom. The van der Waals surface area contributed by atoms with E-state index in [1.807, 2.05) is 6.07 Å². The molecule has 0 aliphatic heterocycles. The molecule has 0 aliphatic carbocycles. The number of hydrogen-bond acceptors (Lipinski definition) is 4. The van der Waals surface area contributed by atoms with Crippen LogP contribution in [0.2, 0.25) is 0 Å². The summed E-state index contributed by atoms with van der Waals surface area (Å²) in [4.78, 5) is 12.6. The molecule has 3 unspecified atom stereocenters. The number of rotatable bonds is 5. The number of Topliss-reactive ketones (excluding diaryl/α,β-unsaturated/α-hetero) is 1. The zero-order chi connectivity index (χ0) is 15.8. The summed E-state index contributed by atoms with van der Waals surface area (Å²) in [5, 5.41) is 10.9. The van der Waals surface area contributed by atoms with E-state index in [2.05, 4.69) is 0 Å². The summed E-state index contributed by atoms with van der Waals surface area (Å²) < 4.78 is 0. The van der Waals surface area contributed by atoms with Crippen LogP contribution >= 0.6 is 0 Å². The molecule has 4 nitrogen and oxygen atoms in total. The molecule has 0 saturated carbocycles. The molecule has 1 rings (SSSR count). The second-order valence-electron chi connectivity index (χ2n) is 6.46. The van der Waals surface area contributed by atoms with Gasteiger partial charge in [-0.3, -0.25) is 4.79 Å². The Labute approximate surface area is 121 Å². The van der Waals surface area contributed by atoms with E-state index in [1.165, 1.54) is 6.92 Å². The number of nitrogens with two attached hydrogens (primary N) is 2. The Kier molecular flexibility index (Phi) is 4.44. The molecular weight excluding hydrogens is 252 g/mol. The summed E-state index contributed by atoms with van der Waals surface area (Å²) in [5.41, 5.74) is 9.29. The van der Waals surface area contributed by atoms with Gasteiger partial charge >= 0.3 is 0 Å². The van der Waals surface area contributed by atoms with Gasteiger partial charge in [-0.1, -0.05) is 44.2 Å². The first-order valence-corrected chi connectivity index (χ1v) is 6.83. The molecule has 0 spiro atoms. The lowest BCUT2D eigenvalue weighted by Crippen LogP contribution is -2.69. The van der Waals surface area contributed by atoms with Crippen molar-refractivity contribution in [3.63, 3.8) is 0 Å². The molecule has 0 bridgehead atoms. The predicted molar refractivity (Wildman–Crippen MR) is 81.4 cm³/mol. The van der Waals surface area contributed by atoms with Crippen LogP contribution in [0.5, 0.6) is 0 Å². The van der Waals surface area contributed by atoms with Crippen molar-refractivity contribution in [1.82, 2.24) is 0 Å². The van der Waals surface area contributed by atoms with Crippen molar-refractivity contribution in [2.45, 2.75) is 51.8 Å². The van der Waals surface area contributed by atoms with Crippen molar-refractivity contribution in [2.75, 3.05) is 0 Å². The van der Waals surface area contributed by atoms with E-state index < -0.39 is 16.6 Å². The smallest absolute Gasteiger partial charge is 0.194 e. The van der Waals surface area contributed by atoms with Crippen LogP contribution in [-0.4, -0.2) is 28.1 Å². The van der Waals surface area contributed by atoms with Gasteiger partial charge in [0.15, 0.2) is 5.78 Å². The Balaban J connectivity index is 3.25. The van der Waals surface area contributed by atoms with Crippen LogP contribution in [0.3, 0.4) is 0 Å². The van der Waals surface area contributed by atoms with E-state index in [4.69, 9.17) is 11.5 Å². The predicted octanol–water partition coefficient (Wildman–Crippen LogP) is 1.71. The lowest BCUT2D eigenvalue weighted by atomic mass is 9.59. The molecule has 1 aromatic rings. The first-order chi connectivity index (χ1) is 8.96. The zero-order valence-electron chi connectivity index (χ0n) is 13.0. The van der Waals surface area contributed by atoms with E-state index in [1.54, 1.807) is 52.0 Å². The average molecular weight is 278 g/mol. The van der Waals surface area contributed by atoms with Crippen LogP contribution in [-0.2, 0) is 0 Å². The number of benzene rings is 1. The average Bonchev–Trinajstić information content (AvgIpc) is 2.38. The first kappa shape index (κ1) is 16.8. The van der Waals surface area contributed by atoms with E-state index in [0.29, 0.717) is 5.56 Å². The number of hydrogen-bond donors (Lipinski definition) is 3. The minimum Gasteiger partial charge on any atom is -0.381 e. The van der Waals surface area contributed by atoms with Gasteiger partial charge in [-0.15, -0.1) is 0 Å². The molecule has 0 radical (unpaired) electrons. The number of carbonyl (C=O) groups excluding carboxylic acids is 1. The van der Waals surface area contributed by atoms with Gasteiger partial charge in [0.2, 0.25) is 0 Å². The highest BCUT2D eigenvalue weighted by molar-refractivity contribution is 6.02. The summed E-state index contributed by atoms with van der Waals surface area (Å²) in [5.74, 6) is -0.347. The SMILES string of the molecule is CC(N)C(C)(N)C(C)(C)C(C)(O)C(=O)c1ccccc1. The third-order valence-corrected chi connectivity index (χ3v) is 4.99. The van der Waals surface area contributed by atoms with Gasteiger partial charge in [-0.05, 0) is 20.8 Å². The quantitative estimate of drug-likeness (QED) is 0.715. The van der Waals surface area contributed by atoms with Gasteiger partial charge in [-0.2, -0.15) is 0 Å². The molecule has 20 heavy (non-hydrogen) atoms. The summed E-state index contributed by atoms with van der Waals surface area (Å²) in [6.07, 6.45) is 0. The molecule has 5 N–H and O–H groups in total. The molecule has 0 aliphatic rings. The molecule has 3 atom stereocenters. The highest BCUT2D eigenvalue weighted by Crippen LogP contribution is 2.42. The minimum absolute atomic E-state index is 0.347. The van der Waals surface area contributed by atoms with Gasteiger partial charge in [-0.25, -0.2) is 0 Å². The standard InChI is InChI=1S/C16H26N2O2/c1-11(17)15(4,18)14(2,3)16(5,20)13(19)12-9-7-6-8-10-12/h6-11,20H,17-18H2,1-5H3. The van der Waals surface area contributed by atoms with Gasteiger partial charge in [0, 0.05) is 22.6 Å². The fraction of sp³-hybridized carbons (Fsp3) is 0.562. The minimum atomic E-state index is -1.62. The van der Waals surface area contributed by atoms with E-state index in [-0.39, 0.29) is 11.8 Å². The maximum atomic E-state index is 12.6. The lowest BCUT2D eigenvalue weighted by molar-refractivity contribution is -0.0665. The second-order valence-corrected chi connectivity index (χ2v) is 6.46. The van der Waals surface area contributed by atoms with Crippen molar-refractivity contribution >= 4 is 5.78 Å². The lowest BCUT2D eigenvalue weighted by Gasteiger charge is -2.51. The normalized spacial score (nSPS) is 19.8. The molecule has 1 aromatic carbocycles. The second kappa shape index (κ2) is 5.28. The van der Waals surface area contributed by atoms with Gasteiger partial charge in [0.25, 0.3) is 0 Å². The van der Waals surface area contributed by atoms with E-state index in [9.17, 15) is 9.90 Å². The third-order valence-electron chi connectivity index (χ3n) is 4.99. The maximum absolute atomic E-state index is 12.6.